The number of hydrogen-bond acceptors (Lipinski definition) is 8. The molecule has 0 bridgehead atoms. The second-order valence-electron chi connectivity index (χ2n) is 7.98. The zero-order valence-electron chi connectivity index (χ0n) is 20.0. The second kappa shape index (κ2) is 11.4. The molecule has 0 saturated heterocycles. The van der Waals surface area contributed by atoms with Crippen LogP contribution in [0.5, 0.6) is 23.0 Å². The summed E-state index contributed by atoms with van der Waals surface area (Å²) in [5.74, 6) is 0.246. The topological polar surface area (TPSA) is 127 Å². The van der Waals surface area contributed by atoms with Crippen LogP contribution < -0.4 is 9.47 Å². The molecule has 0 saturated carbocycles. The number of phenols is 2. The Morgan fingerprint density at radius 1 is 0.526 bits per heavy atom. The maximum absolute atomic E-state index is 13.0. The van der Waals surface area contributed by atoms with Crippen molar-refractivity contribution in [1.29, 1.82) is 0 Å². The SMILES string of the molecule is O=S(=O)(c1ccc(O)cc1)c1ccccc1OCC=CCOc1ccccc1S(=O)(=O)c1ccc(O)cc1. The van der Waals surface area contributed by atoms with Gasteiger partial charge in [0.25, 0.3) is 0 Å². The molecule has 4 rings (SSSR count). The summed E-state index contributed by atoms with van der Waals surface area (Å²) in [5, 5.41) is 18.9. The van der Waals surface area contributed by atoms with Crippen molar-refractivity contribution in [3.8, 4) is 23.0 Å². The molecule has 0 aliphatic rings. The third-order valence-corrected chi connectivity index (χ3v) is 9.03. The number of para-hydroxylation sites is 2. The monoisotopic (exact) mass is 552 g/mol. The van der Waals surface area contributed by atoms with Crippen molar-refractivity contribution in [2.45, 2.75) is 19.6 Å². The molecule has 0 radical (unpaired) electrons. The Balaban J connectivity index is 1.41. The Hall–Kier alpha value is -4.28. The van der Waals surface area contributed by atoms with E-state index in [1.165, 1.54) is 60.7 Å². The number of aromatic hydroxyl groups is 2. The fourth-order valence-electron chi connectivity index (χ4n) is 3.50. The molecule has 0 spiro atoms. The van der Waals surface area contributed by atoms with Crippen molar-refractivity contribution in [2.75, 3.05) is 13.2 Å². The molecule has 8 nitrogen and oxygen atoms in total. The highest BCUT2D eigenvalue weighted by Gasteiger charge is 2.23. The van der Waals surface area contributed by atoms with Crippen LogP contribution in [0.4, 0.5) is 0 Å². The van der Waals surface area contributed by atoms with E-state index in [1.54, 1.807) is 48.6 Å². The van der Waals surface area contributed by atoms with Crippen LogP contribution in [0.3, 0.4) is 0 Å². The molecule has 0 fully saturated rings. The number of sulfone groups is 2. The summed E-state index contributed by atoms with van der Waals surface area (Å²) in [5.41, 5.74) is 0. The molecule has 0 aromatic heterocycles. The molecular formula is C28H24O8S2. The third-order valence-electron chi connectivity index (χ3n) is 5.41. The molecule has 38 heavy (non-hydrogen) atoms. The minimum absolute atomic E-state index is 0.0105. The highest BCUT2D eigenvalue weighted by Crippen LogP contribution is 2.31. The molecule has 0 amide bonds. The van der Waals surface area contributed by atoms with Gasteiger partial charge in [0.1, 0.15) is 46.0 Å². The number of benzene rings is 4. The van der Waals surface area contributed by atoms with Crippen LogP contribution in [-0.2, 0) is 19.7 Å². The Bertz CT molecular complexity index is 1520. The molecular weight excluding hydrogens is 528 g/mol. The van der Waals surface area contributed by atoms with E-state index in [9.17, 15) is 27.0 Å². The number of hydrogen-bond donors (Lipinski definition) is 2. The van der Waals surface area contributed by atoms with E-state index in [4.69, 9.17) is 9.47 Å². The van der Waals surface area contributed by atoms with E-state index in [-0.39, 0.29) is 55.8 Å². The second-order valence-corrected chi connectivity index (χ2v) is 11.8. The van der Waals surface area contributed by atoms with Crippen molar-refractivity contribution in [3.63, 3.8) is 0 Å². The van der Waals surface area contributed by atoms with Gasteiger partial charge in [-0.1, -0.05) is 24.3 Å². The van der Waals surface area contributed by atoms with Crippen molar-refractivity contribution < 1.29 is 36.5 Å². The van der Waals surface area contributed by atoms with Crippen LogP contribution in [0.15, 0.2) is 129 Å². The Labute approximate surface area is 220 Å². The highest BCUT2D eigenvalue weighted by atomic mass is 32.2. The maximum atomic E-state index is 13.0. The van der Waals surface area contributed by atoms with Crippen LogP contribution in [0, 0.1) is 0 Å². The standard InChI is InChI=1S/C28H24O8S2/c29-21-11-15-23(16-12-21)37(31,32)27-9-3-1-7-25(27)35-19-5-6-20-36-26-8-2-4-10-28(26)38(33,34)24-17-13-22(30)14-18-24/h1-18,29-30H,19-20H2. The average Bonchev–Trinajstić information content (AvgIpc) is 2.91. The Morgan fingerprint density at radius 2 is 0.868 bits per heavy atom. The van der Waals surface area contributed by atoms with E-state index >= 15 is 0 Å². The van der Waals surface area contributed by atoms with Gasteiger partial charge >= 0.3 is 0 Å². The summed E-state index contributed by atoms with van der Waals surface area (Å²) in [7, 11) is -7.74. The summed E-state index contributed by atoms with van der Waals surface area (Å²) in [4.78, 5) is 0.0276. The van der Waals surface area contributed by atoms with Gasteiger partial charge in [0, 0.05) is 0 Å². The first kappa shape index (κ1) is 26.8. The first-order valence-electron chi connectivity index (χ1n) is 11.4. The Kier molecular flexibility index (Phi) is 8.04. The van der Waals surface area contributed by atoms with Crippen LogP contribution in [0.2, 0.25) is 0 Å². The van der Waals surface area contributed by atoms with E-state index in [0.29, 0.717) is 0 Å². The van der Waals surface area contributed by atoms with Crippen molar-refractivity contribution >= 4 is 19.7 Å². The fourth-order valence-corrected chi connectivity index (χ4v) is 6.29. The first-order valence-corrected chi connectivity index (χ1v) is 14.3. The van der Waals surface area contributed by atoms with Crippen LogP contribution in [0.25, 0.3) is 0 Å². The molecule has 4 aromatic rings. The lowest BCUT2D eigenvalue weighted by Gasteiger charge is -2.12. The third kappa shape index (κ3) is 5.99. The predicted octanol–water partition coefficient (Wildman–Crippen LogP) is 4.78. The van der Waals surface area contributed by atoms with E-state index < -0.39 is 19.7 Å². The van der Waals surface area contributed by atoms with Crippen LogP contribution in [-0.4, -0.2) is 40.3 Å². The Morgan fingerprint density at radius 3 is 1.24 bits per heavy atom. The van der Waals surface area contributed by atoms with Crippen molar-refractivity contribution in [2.24, 2.45) is 0 Å². The summed E-state index contributed by atoms with van der Waals surface area (Å²) in [6.45, 7) is 0.0812. The summed E-state index contributed by atoms with van der Waals surface area (Å²) < 4.78 is 63.5. The van der Waals surface area contributed by atoms with Crippen LogP contribution in [0.1, 0.15) is 0 Å². The lowest BCUT2D eigenvalue weighted by Crippen LogP contribution is -2.06. The van der Waals surface area contributed by atoms with Crippen LogP contribution >= 0.6 is 0 Å². The minimum atomic E-state index is -3.87. The molecule has 0 heterocycles. The summed E-state index contributed by atoms with van der Waals surface area (Å²) in [6.07, 6.45) is 3.25. The molecule has 196 valence electrons. The molecule has 4 aromatic carbocycles. The van der Waals surface area contributed by atoms with Gasteiger partial charge in [-0.05, 0) is 84.9 Å². The van der Waals surface area contributed by atoms with Gasteiger partial charge in [-0.15, -0.1) is 0 Å². The number of rotatable bonds is 10. The lowest BCUT2D eigenvalue weighted by atomic mass is 10.3. The first-order chi connectivity index (χ1) is 18.2. The van der Waals surface area contributed by atoms with Crippen molar-refractivity contribution in [3.05, 3.63) is 109 Å². The average molecular weight is 553 g/mol. The van der Waals surface area contributed by atoms with Gasteiger partial charge in [0.2, 0.25) is 19.7 Å². The molecule has 0 aliphatic carbocycles. The molecule has 2 N–H and O–H groups in total. The molecule has 10 heteroatoms. The molecule has 0 atom stereocenters. The van der Waals surface area contributed by atoms with Gasteiger partial charge in [-0.3, -0.25) is 0 Å². The number of phenolic OH excluding ortho intramolecular Hbond substituents is 2. The van der Waals surface area contributed by atoms with E-state index in [1.807, 2.05) is 0 Å². The van der Waals surface area contributed by atoms with E-state index in [0.717, 1.165) is 0 Å². The van der Waals surface area contributed by atoms with Gasteiger partial charge in [0.15, 0.2) is 0 Å². The summed E-state index contributed by atoms with van der Waals surface area (Å²) in [6, 6.07) is 22.9. The largest absolute Gasteiger partial charge is 0.508 e. The maximum Gasteiger partial charge on any atom is 0.210 e. The van der Waals surface area contributed by atoms with Gasteiger partial charge in [0.05, 0.1) is 9.79 Å². The highest BCUT2D eigenvalue weighted by molar-refractivity contribution is 7.92. The van der Waals surface area contributed by atoms with E-state index in [2.05, 4.69) is 0 Å². The zero-order chi connectivity index (χ0) is 27.2. The van der Waals surface area contributed by atoms with Gasteiger partial charge in [-0.25, -0.2) is 16.8 Å². The van der Waals surface area contributed by atoms with Gasteiger partial charge in [-0.2, -0.15) is 0 Å². The van der Waals surface area contributed by atoms with Gasteiger partial charge < -0.3 is 19.7 Å². The van der Waals surface area contributed by atoms with Crippen molar-refractivity contribution in [1.82, 2.24) is 0 Å². The molecule has 0 aliphatic heterocycles. The zero-order valence-corrected chi connectivity index (χ0v) is 21.6. The summed E-state index contributed by atoms with van der Waals surface area (Å²) >= 11 is 0. The lowest BCUT2D eigenvalue weighted by molar-refractivity contribution is 0.340. The predicted molar refractivity (Wildman–Crippen MR) is 140 cm³/mol. The smallest absolute Gasteiger partial charge is 0.210 e. The minimum Gasteiger partial charge on any atom is -0.508 e. The quantitative estimate of drug-likeness (QED) is 0.269. The fraction of sp³-hybridized carbons (Fsp3) is 0.0714. The normalized spacial score (nSPS) is 11.9. The molecule has 0 unspecified atom stereocenters. The number of ether oxygens (including phenoxy) is 2.